The number of aliphatic hydroxyl groups is 1. The van der Waals surface area contributed by atoms with E-state index in [4.69, 9.17) is 18.9 Å². The molecule has 3 aromatic carbocycles. The van der Waals surface area contributed by atoms with Gasteiger partial charge in [0, 0.05) is 25.8 Å². The minimum atomic E-state index is -0.807. The summed E-state index contributed by atoms with van der Waals surface area (Å²) in [5.74, 6) is -0.0985. The summed E-state index contributed by atoms with van der Waals surface area (Å²) < 4.78 is 21.8. The fourth-order valence-electron chi connectivity index (χ4n) is 4.69. The number of hydrogen-bond acceptors (Lipinski definition) is 7. The molecular formula is C31H33NO7. The number of amides is 1. The number of Topliss-reactive ketones (excluding diaryl/α,β-unsaturated/α-hetero) is 1. The van der Waals surface area contributed by atoms with Crippen LogP contribution in [0.25, 0.3) is 5.76 Å². The smallest absolute Gasteiger partial charge is 0.295 e. The lowest BCUT2D eigenvalue weighted by atomic mass is 9.95. The van der Waals surface area contributed by atoms with E-state index in [-0.39, 0.29) is 17.9 Å². The molecule has 1 saturated heterocycles. The van der Waals surface area contributed by atoms with Crippen molar-refractivity contribution in [3.05, 3.63) is 94.6 Å². The number of carbonyl (C=O) groups excluding carboxylic acids is 2. The summed E-state index contributed by atoms with van der Waals surface area (Å²) in [5, 5.41) is 11.3. The van der Waals surface area contributed by atoms with Crippen LogP contribution in [0.5, 0.6) is 17.2 Å². The second-order valence-electron chi connectivity index (χ2n) is 9.26. The molecule has 4 rings (SSSR count). The Bertz CT molecular complexity index is 1360. The summed E-state index contributed by atoms with van der Waals surface area (Å²) in [6, 6.07) is 19.2. The van der Waals surface area contributed by atoms with E-state index in [1.807, 2.05) is 25.1 Å². The molecule has 0 spiro atoms. The molecule has 0 aliphatic carbocycles. The molecule has 0 saturated carbocycles. The number of carbonyl (C=O) groups is 2. The molecule has 1 fully saturated rings. The normalized spacial score (nSPS) is 16.4. The third-order valence-electron chi connectivity index (χ3n) is 6.63. The van der Waals surface area contributed by atoms with Crippen LogP contribution >= 0.6 is 0 Å². The summed E-state index contributed by atoms with van der Waals surface area (Å²) in [6.07, 6.45) is 0.528. The first-order chi connectivity index (χ1) is 18.9. The Kier molecular flexibility index (Phi) is 8.88. The summed E-state index contributed by atoms with van der Waals surface area (Å²) in [5.41, 5.74) is 3.23. The zero-order chi connectivity index (χ0) is 27.9. The van der Waals surface area contributed by atoms with Crippen LogP contribution in [0.15, 0.2) is 72.3 Å². The van der Waals surface area contributed by atoms with Crippen LogP contribution in [0.1, 0.15) is 34.7 Å². The highest BCUT2D eigenvalue weighted by Gasteiger charge is 2.46. The van der Waals surface area contributed by atoms with E-state index in [0.29, 0.717) is 48.0 Å². The Balaban J connectivity index is 1.67. The van der Waals surface area contributed by atoms with Crippen LogP contribution < -0.4 is 14.2 Å². The number of rotatable bonds is 11. The van der Waals surface area contributed by atoms with Gasteiger partial charge < -0.3 is 29.0 Å². The molecule has 1 heterocycles. The van der Waals surface area contributed by atoms with Crippen molar-refractivity contribution < 1.29 is 33.6 Å². The Hall–Kier alpha value is -4.30. The average molecular weight is 532 g/mol. The van der Waals surface area contributed by atoms with Gasteiger partial charge in [0.2, 0.25) is 0 Å². The third kappa shape index (κ3) is 6.07. The van der Waals surface area contributed by atoms with Gasteiger partial charge in [-0.1, -0.05) is 35.9 Å². The molecule has 204 valence electrons. The minimum absolute atomic E-state index is 0.0121. The van der Waals surface area contributed by atoms with Crippen LogP contribution in [-0.2, 0) is 20.9 Å². The molecule has 1 N–H and O–H groups in total. The van der Waals surface area contributed by atoms with Gasteiger partial charge in [-0.25, -0.2) is 0 Å². The van der Waals surface area contributed by atoms with E-state index in [1.165, 1.54) is 19.1 Å². The minimum Gasteiger partial charge on any atom is -0.507 e. The molecule has 8 nitrogen and oxygen atoms in total. The van der Waals surface area contributed by atoms with Crippen LogP contribution in [0, 0.1) is 6.92 Å². The van der Waals surface area contributed by atoms with Crippen molar-refractivity contribution in [3.8, 4) is 17.2 Å². The maximum atomic E-state index is 13.3. The van der Waals surface area contributed by atoms with Gasteiger partial charge in [-0.2, -0.15) is 0 Å². The number of nitrogens with zero attached hydrogens (tertiary/aromatic N) is 1. The average Bonchev–Trinajstić information content (AvgIpc) is 3.21. The van der Waals surface area contributed by atoms with Crippen molar-refractivity contribution in [2.24, 2.45) is 0 Å². The van der Waals surface area contributed by atoms with Crippen LogP contribution in [0.2, 0.25) is 0 Å². The number of methoxy groups -OCH3 is 3. The van der Waals surface area contributed by atoms with Gasteiger partial charge in [-0.15, -0.1) is 0 Å². The highest BCUT2D eigenvalue weighted by molar-refractivity contribution is 6.46. The number of hydrogen-bond donors (Lipinski definition) is 1. The van der Waals surface area contributed by atoms with Crippen molar-refractivity contribution in [2.75, 3.05) is 34.5 Å². The lowest BCUT2D eigenvalue weighted by molar-refractivity contribution is -0.140. The standard InChI is InChI=1S/C31H33NO7/c1-20-7-5-8-21(17-20)19-39-24-12-9-22(10-13-24)29(33)27-28(23-11-14-25(37-3)26(18-23)38-4)32(15-6-16-36-2)31(35)30(27)34/h5,7-14,17-18,28,33H,6,15-16,19H2,1-4H3/b29-27+/t28-/m1/s1. The van der Waals surface area contributed by atoms with Gasteiger partial charge >= 0.3 is 0 Å². The van der Waals surface area contributed by atoms with Crippen molar-refractivity contribution >= 4 is 17.4 Å². The van der Waals surface area contributed by atoms with E-state index in [9.17, 15) is 14.7 Å². The monoisotopic (exact) mass is 531 g/mol. The highest BCUT2D eigenvalue weighted by atomic mass is 16.5. The van der Waals surface area contributed by atoms with Gasteiger partial charge in [-0.3, -0.25) is 9.59 Å². The first kappa shape index (κ1) is 27.7. The fraction of sp³-hybridized carbons (Fsp3) is 0.290. The molecule has 0 unspecified atom stereocenters. The molecule has 0 radical (unpaired) electrons. The highest BCUT2D eigenvalue weighted by Crippen LogP contribution is 2.42. The quantitative estimate of drug-likeness (QED) is 0.160. The van der Waals surface area contributed by atoms with Crippen molar-refractivity contribution in [2.45, 2.75) is 26.0 Å². The molecule has 1 aliphatic rings. The fourth-order valence-corrected chi connectivity index (χ4v) is 4.69. The largest absolute Gasteiger partial charge is 0.507 e. The van der Waals surface area contributed by atoms with Crippen LogP contribution in [0.4, 0.5) is 0 Å². The van der Waals surface area contributed by atoms with Crippen LogP contribution in [0.3, 0.4) is 0 Å². The van der Waals surface area contributed by atoms with Crippen molar-refractivity contribution in [1.82, 2.24) is 4.90 Å². The molecule has 0 bridgehead atoms. The molecule has 1 amide bonds. The van der Waals surface area contributed by atoms with E-state index in [1.54, 1.807) is 49.6 Å². The lowest BCUT2D eigenvalue weighted by Crippen LogP contribution is -2.31. The van der Waals surface area contributed by atoms with Crippen LogP contribution in [-0.4, -0.2) is 56.2 Å². The van der Waals surface area contributed by atoms with Gasteiger partial charge in [0.05, 0.1) is 25.8 Å². The summed E-state index contributed by atoms with van der Waals surface area (Å²) in [7, 11) is 4.62. The van der Waals surface area contributed by atoms with Gasteiger partial charge in [-0.05, 0) is 60.9 Å². The van der Waals surface area contributed by atoms with Gasteiger partial charge in [0.1, 0.15) is 18.1 Å². The number of ketones is 1. The maximum Gasteiger partial charge on any atom is 0.295 e. The second-order valence-corrected chi connectivity index (χ2v) is 9.26. The number of benzene rings is 3. The first-order valence-corrected chi connectivity index (χ1v) is 12.7. The number of aryl methyl sites for hydroxylation is 1. The third-order valence-corrected chi connectivity index (χ3v) is 6.63. The zero-order valence-corrected chi connectivity index (χ0v) is 22.6. The Morgan fingerprint density at radius 3 is 2.33 bits per heavy atom. The van der Waals surface area contributed by atoms with Gasteiger partial charge in [0.25, 0.3) is 11.7 Å². The second kappa shape index (κ2) is 12.5. The topological polar surface area (TPSA) is 94.5 Å². The maximum absolute atomic E-state index is 13.3. The zero-order valence-electron chi connectivity index (χ0n) is 22.6. The SMILES string of the molecule is COCCCN1C(=O)C(=O)/C(=C(/O)c2ccc(OCc3cccc(C)c3)cc2)[C@H]1c1ccc(OC)c(OC)c1. The number of ether oxygens (including phenoxy) is 4. The summed E-state index contributed by atoms with van der Waals surface area (Å²) in [4.78, 5) is 27.8. The van der Waals surface area contributed by atoms with Crippen molar-refractivity contribution in [1.29, 1.82) is 0 Å². The number of likely N-dealkylation sites (tertiary alicyclic amines) is 1. The Morgan fingerprint density at radius 1 is 0.923 bits per heavy atom. The molecule has 3 aromatic rings. The molecular weight excluding hydrogens is 498 g/mol. The molecule has 0 aromatic heterocycles. The predicted octanol–water partition coefficient (Wildman–Crippen LogP) is 5.05. The lowest BCUT2D eigenvalue weighted by Gasteiger charge is -2.26. The molecule has 8 heteroatoms. The summed E-state index contributed by atoms with van der Waals surface area (Å²) in [6.45, 7) is 3.13. The molecule has 1 atom stereocenters. The Labute approximate surface area is 228 Å². The van der Waals surface area contributed by atoms with E-state index in [2.05, 4.69) is 6.07 Å². The number of aliphatic hydroxyl groups excluding tert-OH is 1. The van der Waals surface area contributed by atoms with E-state index >= 15 is 0 Å². The molecule has 1 aliphatic heterocycles. The van der Waals surface area contributed by atoms with Gasteiger partial charge in [0.15, 0.2) is 11.5 Å². The first-order valence-electron chi connectivity index (χ1n) is 12.7. The molecule has 39 heavy (non-hydrogen) atoms. The van der Waals surface area contributed by atoms with Crippen molar-refractivity contribution in [3.63, 3.8) is 0 Å². The predicted molar refractivity (Wildman–Crippen MR) is 147 cm³/mol. The summed E-state index contributed by atoms with van der Waals surface area (Å²) >= 11 is 0. The van der Waals surface area contributed by atoms with E-state index in [0.717, 1.165) is 11.1 Å². The van der Waals surface area contributed by atoms with E-state index < -0.39 is 17.7 Å². The Morgan fingerprint density at radius 2 is 1.67 bits per heavy atom.